The third-order valence-corrected chi connectivity index (χ3v) is 4.70. The third kappa shape index (κ3) is 4.48. The van der Waals surface area contributed by atoms with Crippen LogP contribution in [0, 0.1) is 23.7 Å². The minimum Gasteiger partial charge on any atom is -0.354 e. The molecule has 2 unspecified atom stereocenters. The number of nitrogens with two attached hydrogens (primary N) is 1. The van der Waals surface area contributed by atoms with Crippen molar-refractivity contribution < 1.29 is 4.79 Å². The fraction of sp³-hybridized carbons (Fsp3) is 0.938. The highest BCUT2D eigenvalue weighted by Crippen LogP contribution is 2.30. The van der Waals surface area contributed by atoms with Gasteiger partial charge in [0, 0.05) is 6.54 Å². The second-order valence-electron chi connectivity index (χ2n) is 7.22. The summed E-state index contributed by atoms with van der Waals surface area (Å²) in [7, 11) is 0. The SMILES string of the molecule is CC1CCCC(N)(C(=O)NCC(C(C)C)C(C)C)C1. The summed E-state index contributed by atoms with van der Waals surface area (Å²) in [6.45, 7) is 11.8. The van der Waals surface area contributed by atoms with Gasteiger partial charge in [-0.1, -0.05) is 47.5 Å². The Labute approximate surface area is 118 Å². The van der Waals surface area contributed by atoms with E-state index in [1.807, 2.05) is 0 Å². The topological polar surface area (TPSA) is 55.1 Å². The van der Waals surface area contributed by atoms with Crippen LogP contribution >= 0.6 is 0 Å². The summed E-state index contributed by atoms with van der Waals surface area (Å²) in [5.41, 5.74) is 5.69. The van der Waals surface area contributed by atoms with Crippen LogP contribution in [0.4, 0.5) is 0 Å². The number of nitrogens with one attached hydrogen (secondary N) is 1. The van der Waals surface area contributed by atoms with Crippen LogP contribution in [-0.2, 0) is 4.79 Å². The van der Waals surface area contributed by atoms with Crippen LogP contribution in [0.2, 0.25) is 0 Å². The maximum Gasteiger partial charge on any atom is 0.240 e. The van der Waals surface area contributed by atoms with Gasteiger partial charge >= 0.3 is 0 Å². The molecule has 0 bridgehead atoms. The van der Waals surface area contributed by atoms with Crippen LogP contribution in [0.1, 0.15) is 60.3 Å². The van der Waals surface area contributed by atoms with Gasteiger partial charge < -0.3 is 11.1 Å². The summed E-state index contributed by atoms with van der Waals surface area (Å²) in [5, 5.41) is 3.11. The van der Waals surface area contributed by atoms with Crippen molar-refractivity contribution in [2.45, 2.75) is 65.8 Å². The molecule has 1 fully saturated rings. The summed E-state index contributed by atoms with van der Waals surface area (Å²) in [4.78, 5) is 12.4. The van der Waals surface area contributed by atoms with Gasteiger partial charge in [-0.15, -0.1) is 0 Å². The van der Waals surface area contributed by atoms with Crippen LogP contribution in [0.25, 0.3) is 0 Å². The molecule has 0 aromatic heterocycles. The second-order valence-corrected chi connectivity index (χ2v) is 7.22. The normalized spacial score (nSPS) is 28.2. The lowest BCUT2D eigenvalue weighted by molar-refractivity contribution is -0.128. The predicted molar refractivity (Wildman–Crippen MR) is 80.7 cm³/mol. The Morgan fingerprint density at radius 1 is 1.32 bits per heavy atom. The van der Waals surface area contributed by atoms with E-state index in [2.05, 4.69) is 39.9 Å². The molecule has 1 aliphatic carbocycles. The van der Waals surface area contributed by atoms with Gasteiger partial charge in [0.15, 0.2) is 0 Å². The highest BCUT2D eigenvalue weighted by molar-refractivity contribution is 5.86. The van der Waals surface area contributed by atoms with E-state index in [0.717, 1.165) is 25.8 Å². The van der Waals surface area contributed by atoms with Crippen molar-refractivity contribution in [3.63, 3.8) is 0 Å². The first kappa shape index (κ1) is 16.5. The van der Waals surface area contributed by atoms with Crippen molar-refractivity contribution in [1.29, 1.82) is 0 Å². The molecule has 0 aliphatic heterocycles. The molecule has 0 spiro atoms. The molecular formula is C16H32N2O. The second kappa shape index (κ2) is 6.74. The van der Waals surface area contributed by atoms with E-state index in [9.17, 15) is 4.79 Å². The molecule has 1 rings (SSSR count). The highest BCUT2D eigenvalue weighted by atomic mass is 16.2. The molecule has 0 saturated heterocycles. The molecule has 1 saturated carbocycles. The van der Waals surface area contributed by atoms with Crippen molar-refractivity contribution in [2.24, 2.45) is 29.4 Å². The third-order valence-electron chi connectivity index (χ3n) is 4.70. The van der Waals surface area contributed by atoms with Crippen molar-refractivity contribution >= 4 is 5.91 Å². The summed E-state index contributed by atoms with van der Waals surface area (Å²) in [6, 6.07) is 0. The quantitative estimate of drug-likeness (QED) is 0.805. The zero-order valence-electron chi connectivity index (χ0n) is 13.3. The number of amides is 1. The summed E-state index contributed by atoms with van der Waals surface area (Å²) in [5.74, 6) is 2.31. The lowest BCUT2D eigenvalue weighted by Gasteiger charge is -2.36. The van der Waals surface area contributed by atoms with E-state index in [0.29, 0.717) is 23.7 Å². The zero-order chi connectivity index (χ0) is 14.6. The highest BCUT2D eigenvalue weighted by Gasteiger charge is 2.38. The van der Waals surface area contributed by atoms with Crippen LogP contribution in [-0.4, -0.2) is 18.0 Å². The Bertz CT molecular complexity index is 293. The number of hydrogen-bond donors (Lipinski definition) is 2. The average molecular weight is 268 g/mol. The van der Waals surface area contributed by atoms with E-state index < -0.39 is 5.54 Å². The van der Waals surface area contributed by atoms with E-state index >= 15 is 0 Å². The minimum atomic E-state index is -0.629. The molecule has 3 heteroatoms. The Kier molecular flexibility index (Phi) is 5.84. The predicted octanol–water partition coefficient (Wildman–Crippen LogP) is 2.94. The molecule has 112 valence electrons. The van der Waals surface area contributed by atoms with E-state index in [4.69, 9.17) is 5.73 Å². The molecule has 1 amide bonds. The van der Waals surface area contributed by atoms with Gasteiger partial charge in [-0.05, 0) is 36.5 Å². The smallest absolute Gasteiger partial charge is 0.240 e. The van der Waals surface area contributed by atoms with E-state index in [1.165, 1.54) is 6.42 Å². The molecule has 0 radical (unpaired) electrons. The monoisotopic (exact) mass is 268 g/mol. The van der Waals surface area contributed by atoms with Crippen molar-refractivity contribution in [1.82, 2.24) is 5.32 Å². The Morgan fingerprint density at radius 2 is 1.89 bits per heavy atom. The molecule has 3 N–H and O–H groups in total. The van der Waals surface area contributed by atoms with Crippen molar-refractivity contribution in [3.05, 3.63) is 0 Å². The first-order valence-corrected chi connectivity index (χ1v) is 7.83. The van der Waals surface area contributed by atoms with Gasteiger partial charge in [-0.3, -0.25) is 4.79 Å². The van der Waals surface area contributed by atoms with Gasteiger partial charge in [0.05, 0.1) is 5.54 Å². The van der Waals surface area contributed by atoms with Crippen molar-refractivity contribution in [3.8, 4) is 0 Å². The Balaban J connectivity index is 2.54. The molecular weight excluding hydrogens is 236 g/mol. The maximum absolute atomic E-state index is 12.4. The lowest BCUT2D eigenvalue weighted by atomic mass is 9.76. The molecule has 0 heterocycles. The fourth-order valence-electron chi connectivity index (χ4n) is 3.43. The summed E-state index contributed by atoms with van der Waals surface area (Å²) >= 11 is 0. The largest absolute Gasteiger partial charge is 0.354 e. The van der Waals surface area contributed by atoms with Crippen molar-refractivity contribution in [2.75, 3.05) is 6.54 Å². The number of carbonyl (C=O) groups excluding carboxylic acids is 1. The molecule has 2 atom stereocenters. The molecule has 0 aromatic rings. The average Bonchev–Trinajstić information content (AvgIpc) is 2.27. The molecule has 1 aliphatic rings. The zero-order valence-corrected chi connectivity index (χ0v) is 13.3. The standard InChI is InChI=1S/C16H32N2O/c1-11(2)14(12(3)4)10-18-15(19)16(17)8-6-7-13(5)9-16/h11-14H,6-10,17H2,1-5H3,(H,18,19). The summed E-state index contributed by atoms with van der Waals surface area (Å²) in [6.07, 6.45) is 3.93. The first-order valence-electron chi connectivity index (χ1n) is 7.83. The molecule has 0 aromatic carbocycles. The van der Waals surface area contributed by atoms with Crippen LogP contribution in [0.5, 0.6) is 0 Å². The number of carbonyl (C=O) groups is 1. The van der Waals surface area contributed by atoms with E-state index in [1.54, 1.807) is 0 Å². The Morgan fingerprint density at radius 3 is 2.37 bits per heavy atom. The van der Waals surface area contributed by atoms with Crippen LogP contribution < -0.4 is 11.1 Å². The van der Waals surface area contributed by atoms with Gasteiger partial charge in [-0.2, -0.15) is 0 Å². The van der Waals surface area contributed by atoms with Crippen LogP contribution in [0.15, 0.2) is 0 Å². The first-order chi connectivity index (χ1) is 8.76. The van der Waals surface area contributed by atoms with Gasteiger partial charge in [-0.25, -0.2) is 0 Å². The molecule has 3 nitrogen and oxygen atoms in total. The van der Waals surface area contributed by atoms with E-state index in [-0.39, 0.29) is 5.91 Å². The number of hydrogen-bond acceptors (Lipinski definition) is 2. The van der Waals surface area contributed by atoms with Crippen LogP contribution in [0.3, 0.4) is 0 Å². The van der Waals surface area contributed by atoms with Gasteiger partial charge in [0.2, 0.25) is 5.91 Å². The fourth-order valence-corrected chi connectivity index (χ4v) is 3.43. The lowest BCUT2D eigenvalue weighted by Crippen LogP contribution is -2.57. The number of rotatable bonds is 5. The minimum absolute atomic E-state index is 0.0605. The summed E-state index contributed by atoms with van der Waals surface area (Å²) < 4.78 is 0. The maximum atomic E-state index is 12.4. The molecule has 19 heavy (non-hydrogen) atoms. The van der Waals surface area contributed by atoms with Gasteiger partial charge in [0.1, 0.15) is 0 Å². The van der Waals surface area contributed by atoms with Gasteiger partial charge in [0.25, 0.3) is 0 Å². The Hall–Kier alpha value is -0.570.